The van der Waals surface area contributed by atoms with Gasteiger partial charge in [-0.05, 0) is 81.4 Å². The number of benzene rings is 1. The molecule has 0 radical (unpaired) electrons. The third-order valence-corrected chi connectivity index (χ3v) is 6.15. The van der Waals surface area contributed by atoms with Crippen molar-refractivity contribution >= 4 is 39.1 Å². The van der Waals surface area contributed by atoms with Gasteiger partial charge in [0.1, 0.15) is 4.88 Å². The fourth-order valence-electron chi connectivity index (χ4n) is 3.57. The summed E-state index contributed by atoms with van der Waals surface area (Å²) in [5.74, 6) is 0.242. The number of hydrogen-bond donors (Lipinski definition) is 2. The average Bonchev–Trinajstić information content (AvgIpc) is 3.11. The molecular formula is C21H29N3O3S. The number of ether oxygens (including phenoxy) is 1. The summed E-state index contributed by atoms with van der Waals surface area (Å²) in [5.41, 5.74) is 0.718. The van der Waals surface area contributed by atoms with Gasteiger partial charge in [0.05, 0.1) is 6.61 Å². The lowest BCUT2D eigenvalue weighted by atomic mass is 9.97. The predicted octanol–water partition coefficient (Wildman–Crippen LogP) is 4.32. The number of anilines is 1. The van der Waals surface area contributed by atoms with E-state index in [0.717, 1.165) is 41.7 Å². The molecule has 0 aliphatic carbocycles. The molecule has 6 nitrogen and oxygen atoms in total. The van der Waals surface area contributed by atoms with Gasteiger partial charge in [0.2, 0.25) is 0 Å². The molecule has 0 spiro atoms. The summed E-state index contributed by atoms with van der Waals surface area (Å²) in [4.78, 5) is 27.2. The Labute approximate surface area is 170 Å². The SMILES string of the molecule is CCCN1CCC(CNC(=O)Nc2ccc3sc(C(=O)OCC)cc3c2)CC1. The fourth-order valence-corrected chi connectivity index (χ4v) is 4.50. The van der Waals surface area contributed by atoms with Gasteiger partial charge in [-0.3, -0.25) is 0 Å². The molecule has 2 amide bonds. The van der Waals surface area contributed by atoms with Gasteiger partial charge >= 0.3 is 12.0 Å². The highest BCUT2D eigenvalue weighted by molar-refractivity contribution is 7.20. The van der Waals surface area contributed by atoms with Gasteiger partial charge in [0.15, 0.2) is 0 Å². The van der Waals surface area contributed by atoms with E-state index in [-0.39, 0.29) is 12.0 Å². The first-order chi connectivity index (χ1) is 13.6. The van der Waals surface area contributed by atoms with Gasteiger partial charge in [-0.1, -0.05) is 6.92 Å². The Morgan fingerprint density at radius 2 is 2.00 bits per heavy atom. The Morgan fingerprint density at radius 3 is 2.71 bits per heavy atom. The zero-order chi connectivity index (χ0) is 19.9. The third-order valence-electron chi connectivity index (χ3n) is 5.05. The Balaban J connectivity index is 1.50. The molecule has 0 bridgehead atoms. The summed E-state index contributed by atoms with van der Waals surface area (Å²) in [5, 5.41) is 6.82. The molecule has 2 heterocycles. The van der Waals surface area contributed by atoms with Crippen LogP contribution in [0.5, 0.6) is 0 Å². The summed E-state index contributed by atoms with van der Waals surface area (Å²) in [6.07, 6.45) is 3.47. The minimum Gasteiger partial charge on any atom is -0.462 e. The summed E-state index contributed by atoms with van der Waals surface area (Å²) < 4.78 is 6.04. The minimum atomic E-state index is -0.305. The van der Waals surface area contributed by atoms with Crippen molar-refractivity contribution in [3.63, 3.8) is 0 Å². The number of amides is 2. The lowest BCUT2D eigenvalue weighted by Crippen LogP contribution is -2.39. The van der Waals surface area contributed by atoms with E-state index in [0.29, 0.717) is 23.9 Å². The van der Waals surface area contributed by atoms with Crippen LogP contribution in [-0.2, 0) is 4.74 Å². The van der Waals surface area contributed by atoms with Crippen molar-refractivity contribution in [3.8, 4) is 0 Å². The first-order valence-electron chi connectivity index (χ1n) is 10.1. The third kappa shape index (κ3) is 5.45. The van der Waals surface area contributed by atoms with Crippen molar-refractivity contribution in [2.75, 3.05) is 38.1 Å². The van der Waals surface area contributed by atoms with Crippen LogP contribution in [0.25, 0.3) is 10.1 Å². The molecule has 2 N–H and O–H groups in total. The smallest absolute Gasteiger partial charge is 0.348 e. The Hall–Kier alpha value is -2.12. The maximum Gasteiger partial charge on any atom is 0.348 e. The van der Waals surface area contributed by atoms with E-state index in [1.807, 2.05) is 24.3 Å². The maximum atomic E-state index is 12.3. The molecule has 1 aliphatic rings. The zero-order valence-corrected chi connectivity index (χ0v) is 17.4. The van der Waals surface area contributed by atoms with Gasteiger partial charge in [-0.25, -0.2) is 9.59 Å². The number of carbonyl (C=O) groups excluding carboxylic acids is 2. The van der Waals surface area contributed by atoms with Crippen LogP contribution in [0.2, 0.25) is 0 Å². The molecule has 0 atom stereocenters. The highest BCUT2D eigenvalue weighted by Gasteiger charge is 2.19. The van der Waals surface area contributed by atoms with E-state index in [1.165, 1.54) is 24.3 Å². The lowest BCUT2D eigenvalue weighted by Gasteiger charge is -2.31. The number of carbonyl (C=O) groups is 2. The van der Waals surface area contributed by atoms with Gasteiger partial charge in [-0.2, -0.15) is 0 Å². The molecule has 1 aromatic heterocycles. The highest BCUT2D eigenvalue weighted by Crippen LogP contribution is 2.28. The van der Waals surface area contributed by atoms with Crippen LogP contribution in [0, 0.1) is 5.92 Å². The second-order valence-corrected chi connectivity index (χ2v) is 8.29. The molecule has 152 valence electrons. The van der Waals surface area contributed by atoms with Gasteiger partial charge in [0.25, 0.3) is 0 Å². The van der Waals surface area contributed by atoms with Gasteiger partial charge in [-0.15, -0.1) is 11.3 Å². The number of urea groups is 1. The number of nitrogens with zero attached hydrogens (tertiary/aromatic N) is 1. The van der Waals surface area contributed by atoms with Crippen molar-refractivity contribution in [1.82, 2.24) is 10.2 Å². The van der Waals surface area contributed by atoms with Crippen LogP contribution < -0.4 is 10.6 Å². The van der Waals surface area contributed by atoms with E-state index in [9.17, 15) is 9.59 Å². The predicted molar refractivity (Wildman–Crippen MR) is 114 cm³/mol. The first-order valence-corrected chi connectivity index (χ1v) is 10.9. The topological polar surface area (TPSA) is 70.7 Å². The maximum absolute atomic E-state index is 12.3. The van der Waals surface area contributed by atoms with Crippen molar-refractivity contribution in [3.05, 3.63) is 29.1 Å². The lowest BCUT2D eigenvalue weighted by molar-refractivity contribution is 0.0532. The number of nitrogens with one attached hydrogen (secondary N) is 2. The van der Waals surface area contributed by atoms with Crippen molar-refractivity contribution in [2.45, 2.75) is 33.1 Å². The van der Waals surface area contributed by atoms with Gasteiger partial charge in [0, 0.05) is 16.9 Å². The second kappa shape index (κ2) is 9.89. The second-order valence-electron chi connectivity index (χ2n) is 7.20. The molecule has 28 heavy (non-hydrogen) atoms. The number of piperidine rings is 1. The number of thiophene rings is 1. The minimum absolute atomic E-state index is 0.184. The van der Waals surface area contributed by atoms with Crippen LogP contribution in [0.1, 0.15) is 42.8 Å². The fraction of sp³-hybridized carbons (Fsp3) is 0.524. The molecule has 1 aliphatic heterocycles. The molecule has 0 saturated carbocycles. The molecule has 1 saturated heterocycles. The molecule has 3 rings (SSSR count). The van der Waals surface area contributed by atoms with Crippen LogP contribution in [0.15, 0.2) is 24.3 Å². The monoisotopic (exact) mass is 403 g/mol. The molecule has 1 fully saturated rings. The van der Waals surface area contributed by atoms with Crippen molar-refractivity contribution < 1.29 is 14.3 Å². The van der Waals surface area contributed by atoms with Crippen molar-refractivity contribution in [2.24, 2.45) is 5.92 Å². The summed E-state index contributed by atoms with van der Waals surface area (Å²) in [6.45, 7) is 8.49. The van der Waals surface area contributed by atoms with E-state index >= 15 is 0 Å². The van der Waals surface area contributed by atoms with E-state index in [2.05, 4.69) is 22.5 Å². The van der Waals surface area contributed by atoms with Crippen LogP contribution in [0.3, 0.4) is 0 Å². The largest absolute Gasteiger partial charge is 0.462 e. The first kappa shape index (κ1) is 20.6. The Bertz CT molecular complexity index is 812. The van der Waals surface area contributed by atoms with Crippen LogP contribution in [0.4, 0.5) is 10.5 Å². The molecule has 7 heteroatoms. The average molecular weight is 404 g/mol. The van der Waals surface area contributed by atoms with Crippen LogP contribution >= 0.6 is 11.3 Å². The Morgan fingerprint density at radius 1 is 1.21 bits per heavy atom. The Kier molecular flexibility index (Phi) is 7.28. The number of esters is 1. The van der Waals surface area contributed by atoms with Crippen LogP contribution in [-0.4, -0.2) is 49.7 Å². The standard InChI is InChI=1S/C21H29N3O3S/c1-3-9-24-10-7-15(8-11-24)14-22-21(26)23-17-5-6-18-16(12-17)13-19(28-18)20(25)27-4-2/h5-6,12-13,15H,3-4,7-11,14H2,1-2H3,(H2,22,23,26). The van der Waals surface area contributed by atoms with Crippen molar-refractivity contribution in [1.29, 1.82) is 0 Å². The highest BCUT2D eigenvalue weighted by atomic mass is 32.1. The normalized spacial score (nSPS) is 15.5. The summed E-state index contributed by atoms with van der Waals surface area (Å²) in [6, 6.07) is 7.29. The number of likely N-dealkylation sites (tertiary alicyclic amines) is 1. The number of rotatable bonds is 7. The van der Waals surface area contributed by atoms with E-state index < -0.39 is 0 Å². The van der Waals surface area contributed by atoms with Gasteiger partial charge < -0.3 is 20.3 Å². The van der Waals surface area contributed by atoms with E-state index in [1.54, 1.807) is 6.92 Å². The van der Waals surface area contributed by atoms with E-state index in [4.69, 9.17) is 4.74 Å². The number of fused-ring (bicyclic) bond motifs is 1. The summed E-state index contributed by atoms with van der Waals surface area (Å²) >= 11 is 1.40. The molecule has 1 aromatic carbocycles. The quantitative estimate of drug-likeness (QED) is 0.676. The molecule has 2 aromatic rings. The number of hydrogen-bond acceptors (Lipinski definition) is 5. The molecular weight excluding hydrogens is 374 g/mol. The summed E-state index contributed by atoms with van der Waals surface area (Å²) in [7, 11) is 0. The zero-order valence-electron chi connectivity index (χ0n) is 16.6. The molecule has 0 unspecified atom stereocenters.